The Kier molecular flexibility index (Phi) is 3.56. The fourth-order valence-electron chi connectivity index (χ4n) is 1.75. The monoisotopic (exact) mass is 256 g/mol. The molecule has 1 saturated heterocycles. The topological polar surface area (TPSA) is 45.6 Å². The van der Waals surface area contributed by atoms with Gasteiger partial charge >= 0.3 is 0 Å². The Morgan fingerprint density at radius 2 is 2.00 bits per heavy atom. The number of hydrogen-bond acceptors (Lipinski definition) is 4. The van der Waals surface area contributed by atoms with Gasteiger partial charge in [-0.1, -0.05) is 11.6 Å². The summed E-state index contributed by atoms with van der Waals surface area (Å²) in [6.07, 6.45) is 0. The lowest BCUT2D eigenvalue weighted by Gasteiger charge is -2.29. The second-order valence-electron chi connectivity index (χ2n) is 4.69. The van der Waals surface area contributed by atoms with E-state index in [1.807, 2.05) is 6.07 Å². The fourth-order valence-corrected chi connectivity index (χ4v) is 1.95. The van der Waals surface area contributed by atoms with Crippen molar-refractivity contribution in [3.8, 4) is 0 Å². The molecule has 0 amide bonds. The summed E-state index contributed by atoms with van der Waals surface area (Å²) in [5.41, 5.74) is -0.391. The predicted molar refractivity (Wildman–Crippen MR) is 67.5 cm³/mol. The maximum atomic E-state index is 9.97. The number of morpholine rings is 1. The van der Waals surface area contributed by atoms with Crippen molar-refractivity contribution in [3.05, 3.63) is 22.8 Å². The van der Waals surface area contributed by atoms with Crippen molar-refractivity contribution in [2.24, 2.45) is 0 Å². The summed E-state index contributed by atoms with van der Waals surface area (Å²) < 4.78 is 5.30. The molecule has 2 heterocycles. The van der Waals surface area contributed by atoms with Gasteiger partial charge in [0, 0.05) is 18.1 Å². The summed E-state index contributed by atoms with van der Waals surface area (Å²) in [6.45, 7) is 6.42. The molecule has 2 rings (SSSR count). The van der Waals surface area contributed by atoms with Crippen LogP contribution >= 0.6 is 11.6 Å². The highest BCUT2D eigenvalue weighted by Crippen LogP contribution is 2.25. The van der Waals surface area contributed by atoms with Crippen LogP contribution in [0.2, 0.25) is 5.02 Å². The van der Waals surface area contributed by atoms with Crippen molar-refractivity contribution >= 4 is 17.4 Å². The SMILES string of the molecule is CC(C)(O)c1cc(Cl)cc(N2CCOCC2)n1. The molecule has 0 saturated carbocycles. The highest BCUT2D eigenvalue weighted by molar-refractivity contribution is 6.30. The van der Waals surface area contributed by atoms with Gasteiger partial charge in [-0.2, -0.15) is 0 Å². The van der Waals surface area contributed by atoms with Crippen LogP contribution in [0.15, 0.2) is 12.1 Å². The van der Waals surface area contributed by atoms with Crippen molar-refractivity contribution in [2.75, 3.05) is 31.2 Å². The maximum absolute atomic E-state index is 9.97. The third-order valence-electron chi connectivity index (χ3n) is 2.74. The van der Waals surface area contributed by atoms with Gasteiger partial charge < -0.3 is 14.7 Å². The minimum atomic E-state index is -0.980. The molecule has 1 aliphatic heterocycles. The smallest absolute Gasteiger partial charge is 0.130 e. The summed E-state index contributed by atoms with van der Waals surface area (Å²) in [7, 11) is 0. The average Bonchev–Trinajstić information content (AvgIpc) is 2.28. The highest BCUT2D eigenvalue weighted by Gasteiger charge is 2.21. The molecular weight excluding hydrogens is 240 g/mol. The van der Waals surface area contributed by atoms with Gasteiger partial charge in [0.15, 0.2) is 0 Å². The van der Waals surface area contributed by atoms with Crippen LogP contribution in [0.5, 0.6) is 0 Å². The molecule has 0 spiro atoms. The summed E-state index contributed by atoms with van der Waals surface area (Å²) in [4.78, 5) is 6.58. The van der Waals surface area contributed by atoms with Crippen molar-refractivity contribution < 1.29 is 9.84 Å². The predicted octanol–water partition coefficient (Wildman–Crippen LogP) is 1.80. The first-order valence-electron chi connectivity index (χ1n) is 5.70. The highest BCUT2D eigenvalue weighted by atomic mass is 35.5. The third-order valence-corrected chi connectivity index (χ3v) is 2.96. The van der Waals surface area contributed by atoms with E-state index in [2.05, 4.69) is 9.88 Å². The third kappa shape index (κ3) is 3.09. The second-order valence-corrected chi connectivity index (χ2v) is 5.12. The zero-order valence-electron chi connectivity index (χ0n) is 10.1. The largest absolute Gasteiger partial charge is 0.384 e. The van der Waals surface area contributed by atoms with E-state index in [9.17, 15) is 5.11 Å². The molecule has 0 atom stereocenters. The van der Waals surface area contributed by atoms with Gasteiger partial charge in [-0.3, -0.25) is 0 Å². The number of rotatable bonds is 2. The van der Waals surface area contributed by atoms with E-state index in [4.69, 9.17) is 16.3 Å². The number of aromatic nitrogens is 1. The number of aliphatic hydroxyl groups is 1. The fraction of sp³-hybridized carbons (Fsp3) is 0.583. The molecule has 0 unspecified atom stereocenters. The Morgan fingerprint density at radius 3 is 2.59 bits per heavy atom. The Labute approximate surface area is 106 Å². The first-order valence-corrected chi connectivity index (χ1v) is 6.08. The molecule has 17 heavy (non-hydrogen) atoms. The summed E-state index contributed by atoms with van der Waals surface area (Å²) >= 11 is 6.07. The van der Waals surface area contributed by atoms with E-state index < -0.39 is 5.60 Å². The van der Waals surface area contributed by atoms with Crippen LogP contribution in [-0.2, 0) is 10.3 Å². The van der Waals surface area contributed by atoms with E-state index in [0.717, 1.165) is 18.9 Å². The van der Waals surface area contributed by atoms with Gasteiger partial charge in [-0.05, 0) is 26.0 Å². The van der Waals surface area contributed by atoms with Crippen molar-refractivity contribution in [3.63, 3.8) is 0 Å². The summed E-state index contributed by atoms with van der Waals surface area (Å²) in [5.74, 6) is 0.804. The lowest BCUT2D eigenvalue weighted by Crippen LogP contribution is -2.37. The first kappa shape index (κ1) is 12.6. The Morgan fingerprint density at radius 1 is 1.35 bits per heavy atom. The first-order chi connectivity index (χ1) is 7.97. The standard InChI is InChI=1S/C12H17ClN2O2/c1-12(2,16)10-7-9(13)8-11(14-10)15-3-5-17-6-4-15/h7-8,16H,3-6H2,1-2H3. The molecule has 1 fully saturated rings. The minimum Gasteiger partial charge on any atom is -0.384 e. The van der Waals surface area contributed by atoms with Gasteiger partial charge in [0.1, 0.15) is 11.4 Å². The maximum Gasteiger partial charge on any atom is 0.130 e. The summed E-state index contributed by atoms with van der Waals surface area (Å²) in [5, 5.41) is 10.6. The number of pyridine rings is 1. The minimum absolute atomic E-state index is 0.589. The zero-order valence-corrected chi connectivity index (χ0v) is 10.9. The molecule has 1 aromatic heterocycles. The molecule has 5 heteroatoms. The molecule has 0 aromatic carbocycles. The number of ether oxygens (including phenoxy) is 1. The lowest BCUT2D eigenvalue weighted by molar-refractivity contribution is 0.0738. The number of halogens is 1. The van der Waals surface area contributed by atoms with Crippen LogP contribution in [0.4, 0.5) is 5.82 Å². The van der Waals surface area contributed by atoms with Crippen molar-refractivity contribution in [2.45, 2.75) is 19.4 Å². The van der Waals surface area contributed by atoms with Crippen LogP contribution in [0.25, 0.3) is 0 Å². The van der Waals surface area contributed by atoms with E-state index >= 15 is 0 Å². The van der Waals surface area contributed by atoms with Crippen molar-refractivity contribution in [1.29, 1.82) is 0 Å². The van der Waals surface area contributed by atoms with E-state index in [-0.39, 0.29) is 0 Å². The van der Waals surface area contributed by atoms with Gasteiger partial charge in [0.25, 0.3) is 0 Å². The van der Waals surface area contributed by atoms with Gasteiger partial charge in [0.2, 0.25) is 0 Å². The van der Waals surface area contributed by atoms with E-state index in [1.165, 1.54) is 0 Å². The molecule has 0 aliphatic carbocycles. The van der Waals surface area contributed by atoms with Crippen LogP contribution in [0.1, 0.15) is 19.5 Å². The van der Waals surface area contributed by atoms with E-state index in [0.29, 0.717) is 23.9 Å². The number of nitrogens with zero attached hydrogens (tertiary/aromatic N) is 2. The second kappa shape index (κ2) is 4.80. The van der Waals surface area contributed by atoms with E-state index in [1.54, 1.807) is 19.9 Å². The molecule has 4 nitrogen and oxygen atoms in total. The molecule has 1 aliphatic rings. The van der Waals surface area contributed by atoms with Gasteiger partial charge in [0.05, 0.1) is 18.9 Å². The summed E-state index contributed by atoms with van der Waals surface area (Å²) in [6, 6.07) is 3.52. The average molecular weight is 257 g/mol. The zero-order chi connectivity index (χ0) is 12.5. The number of anilines is 1. The molecular formula is C12H17ClN2O2. The van der Waals surface area contributed by atoms with Crippen LogP contribution in [0, 0.1) is 0 Å². The normalized spacial score (nSPS) is 17.3. The number of hydrogen-bond donors (Lipinski definition) is 1. The van der Waals surface area contributed by atoms with Crippen molar-refractivity contribution in [1.82, 2.24) is 4.98 Å². The molecule has 1 aromatic rings. The Bertz CT molecular complexity index is 398. The molecule has 0 radical (unpaired) electrons. The quantitative estimate of drug-likeness (QED) is 0.877. The van der Waals surface area contributed by atoms with Crippen LogP contribution in [0.3, 0.4) is 0 Å². The molecule has 1 N–H and O–H groups in total. The van der Waals surface area contributed by atoms with Gasteiger partial charge in [-0.15, -0.1) is 0 Å². The van der Waals surface area contributed by atoms with Gasteiger partial charge in [-0.25, -0.2) is 4.98 Å². The Balaban J connectivity index is 2.31. The molecule has 0 bridgehead atoms. The molecule has 94 valence electrons. The van der Waals surface area contributed by atoms with Crippen LogP contribution < -0.4 is 4.90 Å². The lowest BCUT2D eigenvalue weighted by atomic mass is 10.0. The van der Waals surface area contributed by atoms with Crippen LogP contribution in [-0.4, -0.2) is 36.4 Å². The Hall–Kier alpha value is -0.840.